The van der Waals surface area contributed by atoms with Crippen LogP contribution in [-0.2, 0) is 9.59 Å². The number of fused-ring (bicyclic) bond motifs is 3. The zero-order valence-electron chi connectivity index (χ0n) is 16.4. The number of nitrogen functional groups attached to an aromatic ring is 1. The number of anilines is 1. The van der Waals surface area contributed by atoms with Crippen LogP contribution in [-0.4, -0.2) is 35.4 Å². The van der Waals surface area contributed by atoms with Crippen molar-refractivity contribution in [3.8, 4) is 0 Å². The van der Waals surface area contributed by atoms with Gasteiger partial charge in [0.1, 0.15) is 12.1 Å². The second kappa shape index (κ2) is 9.29. The fraction of sp³-hybridized carbons (Fsp3) is 0.238. The molecule has 0 aliphatic heterocycles. The molecule has 2 heterocycles. The second-order valence-corrected chi connectivity index (χ2v) is 7.43. The van der Waals surface area contributed by atoms with Crippen LogP contribution in [0.1, 0.15) is 25.3 Å². The average Bonchev–Trinajstić information content (AvgIpc) is 3.11. The lowest BCUT2D eigenvalue weighted by Crippen LogP contribution is -2.34. The molecule has 2 amide bonds. The summed E-state index contributed by atoms with van der Waals surface area (Å²) in [5, 5.41) is 6.11. The van der Waals surface area contributed by atoms with Gasteiger partial charge in [0.15, 0.2) is 0 Å². The third kappa shape index (κ3) is 4.78. The van der Waals surface area contributed by atoms with Crippen molar-refractivity contribution in [2.75, 3.05) is 19.3 Å². The molecule has 0 fully saturated rings. The summed E-state index contributed by atoms with van der Waals surface area (Å²) in [6.07, 6.45) is 8.47. The Hall–Kier alpha value is -3.26. The van der Waals surface area contributed by atoms with Gasteiger partial charge in [0.2, 0.25) is 11.8 Å². The molecule has 7 nitrogen and oxygen atoms in total. The summed E-state index contributed by atoms with van der Waals surface area (Å²) in [4.78, 5) is 31.8. The highest BCUT2D eigenvalue weighted by molar-refractivity contribution is 7.26. The maximum Gasteiger partial charge on any atom is 0.239 e. The number of amides is 2. The van der Waals surface area contributed by atoms with Crippen LogP contribution in [0.2, 0.25) is 0 Å². The molecule has 0 saturated heterocycles. The molecule has 29 heavy (non-hydrogen) atoms. The number of nitrogens with zero attached hydrogens (tertiary/aromatic N) is 2. The van der Waals surface area contributed by atoms with E-state index in [0.29, 0.717) is 5.82 Å². The first-order valence-electron chi connectivity index (χ1n) is 9.30. The summed E-state index contributed by atoms with van der Waals surface area (Å²) in [6.45, 7) is 2.03. The number of allylic oxidation sites excluding steroid dienone is 3. The van der Waals surface area contributed by atoms with Crippen LogP contribution in [0.4, 0.5) is 5.82 Å². The molecule has 2 aromatic heterocycles. The Kier molecular flexibility index (Phi) is 6.56. The quantitative estimate of drug-likeness (QED) is 0.520. The highest BCUT2D eigenvalue weighted by Gasteiger charge is 2.11. The zero-order chi connectivity index (χ0) is 20.8. The number of rotatable bonds is 7. The molecule has 0 atom stereocenters. The van der Waals surface area contributed by atoms with E-state index in [-0.39, 0.29) is 24.8 Å². The number of hydrogen-bond acceptors (Lipinski definition) is 6. The topological polar surface area (TPSA) is 110 Å². The summed E-state index contributed by atoms with van der Waals surface area (Å²) in [5.74, 6) is 0.0418. The van der Waals surface area contributed by atoms with E-state index in [9.17, 15) is 9.59 Å². The minimum Gasteiger partial charge on any atom is -0.382 e. The SMILES string of the molecule is CC/C=C\C(=C/CC(=O)NCC(=O)NC)c1ccc2c(c1)sc1c(N)ncnc12. The van der Waals surface area contributed by atoms with E-state index in [2.05, 4.69) is 33.6 Å². The number of carbonyl (C=O) groups is 2. The summed E-state index contributed by atoms with van der Waals surface area (Å²) in [7, 11) is 1.53. The Morgan fingerprint density at radius 2 is 2.07 bits per heavy atom. The fourth-order valence-electron chi connectivity index (χ4n) is 2.84. The third-order valence-corrected chi connectivity index (χ3v) is 5.54. The smallest absolute Gasteiger partial charge is 0.239 e. The second-order valence-electron chi connectivity index (χ2n) is 6.37. The molecule has 3 aromatic rings. The lowest BCUT2D eigenvalue weighted by molar-refractivity contribution is -0.125. The Morgan fingerprint density at radius 1 is 1.24 bits per heavy atom. The van der Waals surface area contributed by atoms with E-state index in [0.717, 1.165) is 37.9 Å². The fourth-order valence-corrected chi connectivity index (χ4v) is 3.94. The van der Waals surface area contributed by atoms with Crippen molar-refractivity contribution in [1.82, 2.24) is 20.6 Å². The Balaban J connectivity index is 1.89. The predicted octanol–water partition coefficient (Wildman–Crippen LogP) is 3.03. The predicted molar refractivity (Wildman–Crippen MR) is 118 cm³/mol. The molecule has 0 spiro atoms. The van der Waals surface area contributed by atoms with E-state index in [1.165, 1.54) is 13.4 Å². The van der Waals surface area contributed by atoms with Gasteiger partial charge < -0.3 is 16.4 Å². The maximum absolute atomic E-state index is 12.1. The molecular formula is C21H23N5O2S. The number of nitrogens with two attached hydrogens (primary N) is 1. The first kappa shape index (κ1) is 20.5. The number of carbonyl (C=O) groups excluding carboxylic acids is 2. The van der Waals surface area contributed by atoms with Crippen molar-refractivity contribution in [2.45, 2.75) is 19.8 Å². The van der Waals surface area contributed by atoms with Gasteiger partial charge in [0.05, 0.1) is 16.8 Å². The Morgan fingerprint density at radius 3 is 2.83 bits per heavy atom. The number of thiophene rings is 1. The van der Waals surface area contributed by atoms with E-state index in [4.69, 9.17) is 5.73 Å². The standard InChI is InChI=1S/C21H23N5O2S/c1-3-4-5-13(7-9-17(27)24-11-18(28)23-2)14-6-8-15-16(10-14)29-20-19(15)25-12-26-21(20)22/h4-8,10,12H,3,9,11H2,1-2H3,(H,23,28)(H,24,27)(H2,22,25,26)/b5-4-,13-7+. The van der Waals surface area contributed by atoms with E-state index in [1.807, 2.05) is 30.4 Å². The van der Waals surface area contributed by atoms with Crippen LogP contribution in [0.3, 0.4) is 0 Å². The summed E-state index contributed by atoms with van der Waals surface area (Å²) in [6, 6.07) is 6.12. The van der Waals surface area contributed by atoms with Crippen molar-refractivity contribution < 1.29 is 9.59 Å². The first-order chi connectivity index (χ1) is 14.0. The minimum absolute atomic E-state index is 0.0283. The van der Waals surface area contributed by atoms with Gasteiger partial charge in [-0.15, -0.1) is 11.3 Å². The van der Waals surface area contributed by atoms with Gasteiger partial charge >= 0.3 is 0 Å². The molecule has 0 radical (unpaired) electrons. The van der Waals surface area contributed by atoms with Gasteiger partial charge in [-0.1, -0.05) is 37.3 Å². The van der Waals surface area contributed by atoms with Crippen LogP contribution in [0.5, 0.6) is 0 Å². The van der Waals surface area contributed by atoms with Crippen molar-refractivity contribution >= 4 is 54.8 Å². The number of hydrogen-bond donors (Lipinski definition) is 3. The average molecular weight is 410 g/mol. The molecule has 3 rings (SSSR count). The molecule has 0 aliphatic carbocycles. The molecule has 0 unspecified atom stereocenters. The third-order valence-electron chi connectivity index (χ3n) is 4.38. The summed E-state index contributed by atoms with van der Waals surface area (Å²) < 4.78 is 1.94. The van der Waals surface area contributed by atoms with Crippen molar-refractivity contribution in [1.29, 1.82) is 0 Å². The molecule has 4 N–H and O–H groups in total. The monoisotopic (exact) mass is 409 g/mol. The van der Waals surface area contributed by atoms with E-state index < -0.39 is 0 Å². The lowest BCUT2D eigenvalue weighted by atomic mass is 10.0. The largest absolute Gasteiger partial charge is 0.382 e. The molecule has 0 aliphatic rings. The van der Waals surface area contributed by atoms with Gasteiger partial charge in [0, 0.05) is 23.6 Å². The van der Waals surface area contributed by atoms with Crippen molar-refractivity contribution in [3.05, 3.63) is 48.3 Å². The lowest BCUT2D eigenvalue weighted by Gasteiger charge is -2.05. The van der Waals surface area contributed by atoms with Gasteiger partial charge in [-0.3, -0.25) is 9.59 Å². The summed E-state index contributed by atoms with van der Waals surface area (Å²) >= 11 is 1.56. The van der Waals surface area contributed by atoms with Crippen LogP contribution in [0.25, 0.3) is 25.9 Å². The Labute approximate surface area is 172 Å². The highest BCUT2D eigenvalue weighted by Crippen LogP contribution is 2.36. The molecule has 8 heteroatoms. The van der Waals surface area contributed by atoms with Crippen LogP contribution in [0.15, 0.2) is 42.8 Å². The number of nitrogens with one attached hydrogen (secondary N) is 2. The molecular weight excluding hydrogens is 386 g/mol. The van der Waals surface area contributed by atoms with Gasteiger partial charge in [-0.25, -0.2) is 9.97 Å². The van der Waals surface area contributed by atoms with Crippen molar-refractivity contribution in [3.63, 3.8) is 0 Å². The van der Waals surface area contributed by atoms with Gasteiger partial charge in [0.25, 0.3) is 0 Å². The zero-order valence-corrected chi connectivity index (χ0v) is 17.2. The molecule has 1 aromatic carbocycles. The van der Waals surface area contributed by atoms with E-state index >= 15 is 0 Å². The van der Waals surface area contributed by atoms with Gasteiger partial charge in [-0.05, 0) is 23.6 Å². The van der Waals surface area contributed by atoms with E-state index in [1.54, 1.807) is 11.3 Å². The molecule has 150 valence electrons. The molecule has 0 bridgehead atoms. The molecule has 0 saturated carbocycles. The Bertz CT molecular complexity index is 1120. The number of benzene rings is 1. The number of aromatic nitrogens is 2. The van der Waals surface area contributed by atoms with Crippen LogP contribution in [0, 0.1) is 0 Å². The maximum atomic E-state index is 12.1. The highest BCUT2D eigenvalue weighted by atomic mass is 32.1. The minimum atomic E-state index is -0.231. The summed E-state index contributed by atoms with van der Waals surface area (Å²) in [5.41, 5.74) is 8.79. The van der Waals surface area contributed by atoms with Crippen LogP contribution < -0.4 is 16.4 Å². The first-order valence-corrected chi connectivity index (χ1v) is 10.1. The van der Waals surface area contributed by atoms with Crippen LogP contribution >= 0.6 is 11.3 Å². The van der Waals surface area contributed by atoms with Crippen molar-refractivity contribution in [2.24, 2.45) is 0 Å². The number of likely N-dealkylation sites (N-methyl/N-ethyl adjacent to an activating group) is 1. The normalized spacial score (nSPS) is 12.0. The van der Waals surface area contributed by atoms with Gasteiger partial charge in [-0.2, -0.15) is 0 Å².